The monoisotopic (exact) mass is 393 g/mol. The molecule has 3 aromatic rings. The van der Waals surface area contributed by atoms with Gasteiger partial charge in [-0.3, -0.25) is 9.48 Å². The number of amides is 3. The third-order valence-corrected chi connectivity index (χ3v) is 4.94. The van der Waals surface area contributed by atoms with E-state index in [0.717, 1.165) is 5.56 Å². The molecule has 8 heteroatoms. The molecule has 1 saturated heterocycles. The minimum atomic E-state index is -0.207. The first-order valence-corrected chi connectivity index (χ1v) is 9.55. The Morgan fingerprint density at radius 1 is 1.03 bits per heavy atom. The Morgan fingerprint density at radius 2 is 1.76 bits per heavy atom. The van der Waals surface area contributed by atoms with Gasteiger partial charge in [-0.25, -0.2) is 4.79 Å². The highest BCUT2D eigenvalue weighted by molar-refractivity contribution is 5.93. The average molecular weight is 393 g/mol. The van der Waals surface area contributed by atoms with Crippen LogP contribution in [0.1, 0.15) is 5.56 Å². The lowest BCUT2D eigenvalue weighted by molar-refractivity contribution is -0.131. The zero-order valence-electron chi connectivity index (χ0n) is 16.2. The number of aryl methyl sites for hydroxylation is 1. The molecule has 8 nitrogen and oxygen atoms in total. The topological polar surface area (TPSA) is 83.6 Å². The number of hydrogen-bond acceptors (Lipinski definition) is 4. The summed E-state index contributed by atoms with van der Waals surface area (Å²) in [4.78, 5) is 28.7. The van der Waals surface area contributed by atoms with Crippen LogP contribution < -0.4 is 5.32 Å². The van der Waals surface area contributed by atoms with Crippen molar-refractivity contribution in [1.82, 2.24) is 19.6 Å². The Balaban J connectivity index is 1.33. The lowest BCUT2D eigenvalue weighted by atomic mass is 10.1. The van der Waals surface area contributed by atoms with Gasteiger partial charge in [0.1, 0.15) is 0 Å². The molecular weight excluding hydrogens is 370 g/mol. The van der Waals surface area contributed by atoms with Gasteiger partial charge in [0, 0.05) is 39.4 Å². The van der Waals surface area contributed by atoms with Gasteiger partial charge in [0.2, 0.25) is 5.91 Å². The highest BCUT2D eigenvalue weighted by atomic mass is 16.3. The molecule has 1 N–H and O–H groups in total. The van der Waals surface area contributed by atoms with Crippen molar-refractivity contribution in [3.63, 3.8) is 0 Å². The zero-order chi connectivity index (χ0) is 20.2. The highest BCUT2D eigenvalue weighted by Gasteiger charge is 2.25. The molecule has 0 unspecified atom stereocenters. The molecule has 0 atom stereocenters. The number of nitrogens with one attached hydrogen (secondary N) is 1. The summed E-state index contributed by atoms with van der Waals surface area (Å²) in [6.07, 6.45) is 3.70. The molecule has 0 radical (unpaired) electrons. The number of anilines is 1. The van der Waals surface area contributed by atoms with Gasteiger partial charge < -0.3 is 19.5 Å². The summed E-state index contributed by atoms with van der Waals surface area (Å²) in [6, 6.07) is 13.1. The molecule has 0 saturated carbocycles. The molecular formula is C21H23N5O3. The van der Waals surface area contributed by atoms with Crippen molar-refractivity contribution in [3.8, 4) is 11.5 Å². The van der Waals surface area contributed by atoms with Gasteiger partial charge in [-0.2, -0.15) is 5.10 Å². The largest absolute Gasteiger partial charge is 0.463 e. The Morgan fingerprint density at radius 3 is 2.45 bits per heavy atom. The number of benzene rings is 1. The van der Waals surface area contributed by atoms with E-state index in [2.05, 4.69) is 10.4 Å². The molecule has 4 rings (SSSR count). The maximum Gasteiger partial charge on any atom is 0.322 e. The summed E-state index contributed by atoms with van der Waals surface area (Å²) in [5.41, 5.74) is 2.18. The van der Waals surface area contributed by atoms with Crippen LogP contribution in [0.3, 0.4) is 0 Å². The summed E-state index contributed by atoms with van der Waals surface area (Å²) in [5, 5.41) is 7.28. The van der Waals surface area contributed by atoms with Gasteiger partial charge >= 0.3 is 6.03 Å². The highest BCUT2D eigenvalue weighted by Crippen LogP contribution is 2.26. The molecule has 1 aliphatic rings. The molecule has 0 bridgehead atoms. The first-order chi connectivity index (χ1) is 14.1. The quantitative estimate of drug-likeness (QED) is 0.739. The molecule has 1 aliphatic heterocycles. The average Bonchev–Trinajstić information content (AvgIpc) is 3.38. The van der Waals surface area contributed by atoms with E-state index in [9.17, 15) is 9.59 Å². The molecule has 3 amide bonds. The summed E-state index contributed by atoms with van der Waals surface area (Å²) in [5.74, 6) is 0.681. The number of urea groups is 1. The van der Waals surface area contributed by atoms with Gasteiger partial charge in [-0.1, -0.05) is 30.3 Å². The number of carbonyl (C=O) groups is 2. The SMILES string of the molecule is Cn1cc(NC(=O)N2CCN(C(=O)Cc3ccccc3)CC2)c(-c2ccco2)n1. The first kappa shape index (κ1) is 18.8. The van der Waals surface area contributed by atoms with E-state index in [4.69, 9.17) is 4.42 Å². The molecule has 0 spiro atoms. The summed E-state index contributed by atoms with van der Waals surface area (Å²) < 4.78 is 7.04. The van der Waals surface area contributed by atoms with E-state index in [-0.39, 0.29) is 11.9 Å². The first-order valence-electron chi connectivity index (χ1n) is 9.55. The summed E-state index contributed by atoms with van der Waals surface area (Å²) in [7, 11) is 1.79. The number of nitrogens with zero attached hydrogens (tertiary/aromatic N) is 4. The molecule has 1 aromatic carbocycles. The predicted molar refractivity (Wildman–Crippen MR) is 108 cm³/mol. The normalized spacial score (nSPS) is 14.1. The number of rotatable bonds is 4. The second-order valence-electron chi connectivity index (χ2n) is 7.00. The minimum absolute atomic E-state index is 0.0867. The number of hydrogen-bond donors (Lipinski definition) is 1. The lowest BCUT2D eigenvalue weighted by Gasteiger charge is -2.34. The van der Waals surface area contributed by atoms with Crippen LogP contribution in [0.4, 0.5) is 10.5 Å². The van der Waals surface area contributed by atoms with E-state index < -0.39 is 0 Å². The number of aromatic nitrogens is 2. The van der Waals surface area contributed by atoms with Crippen molar-refractivity contribution in [1.29, 1.82) is 0 Å². The third kappa shape index (κ3) is 4.31. The zero-order valence-corrected chi connectivity index (χ0v) is 16.2. The van der Waals surface area contributed by atoms with Crippen LogP contribution in [0.15, 0.2) is 59.3 Å². The third-order valence-electron chi connectivity index (χ3n) is 4.94. The number of piperazine rings is 1. The predicted octanol–water partition coefficient (Wildman–Crippen LogP) is 2.60. The van der Waals surface area contributed by atoms with E-state index in [1.165, 1.54) is 0 Å². The van der Waals surface area contributed by atoms with Crippen molar-refractivity contribution in [2.45, 2.75) is 6.42 Å². The molecule has 1 fully saturated rings. The summed E-state index contributed by atoms with van der Waals surface area (Å²) >= 11 is 0. The van der Waals surface area contributed by atoms with Crippen LogP contribution in [0.2, 0.25) is 0 Å². The Labute approximate surface area is 168 Å². The van der Waals surface area contributed by atoms with Gasteiger partial charge in [0.15, 0.2) is 11.5 Å². The van der Waals surface area contributed by atoms with Crippen LogP contribution in [-0.2, 0) is 18.3 Å². The Hall–Kier alpha value is -3.55. The standard InChI is InChI=1S/C21H23N5O3/c1-24-15-17(20(23-24)18-8-5-13-29-18)22-21(28)26-11-9-25(10-12-26)19(27)14-16-6-3-2-4-7-16/h2-8,13,15H,9-12,14H2,1H3,(H,22,28). The molecule has 150 valence electrons. The minimum Gasteiger partial charge on any atom is -0.463 e. The van der Waals surface area contributed by atoms with E-state index in [1.807, 2.05) is 35.2 Å². The van der Waals surface area contributed by atoms with Crippen LogP contribution >= 0.6 is 0 Å². The fraction of sp³-hybridized carbons (Fsp3) is 0.286. The maximum atomic E-state index is 12.7. The Bertz CT molecular complexity index is 973. The molecule has 2 aromatic heterocycles. The van der Waals surface area contributed by atoms with E-state index in [1.54, 1.807) is 41.2 Å². The van der Waals surface area contributed by atoms with Gasteiger partial charge in [0.25, 0.3) is 0 Å². The van der Waals surface area contributed by atoms with Crippen molar-refractivity contribution < 1.29 is 14.0 Å². The van der Waals surface area contributed by atoms with Crippen molar-refractivity contribution in [2.75, 3.05) is 31.5 Å². The van der Waals surface area contributed by atoms with Crippen molar-refractivity contribution >= 4 is 17.6 Å². The fourth-order valence-corrected chi connectivity index (χ4v) is 3.41. The molecule has 3 heterocycles. The molecule has 0 aliphatic carbocycles. The summed E-state index contributed by atoms with van der Waals surface area (Å²) in [6.45, 7) is 2.03. The number of carbonyl (C=O) groups excluding carboxylic acids is 2. The second-order valence-corrected chi connectivity index (χ2v) is 7.00. The van der Waals surface area contributed by atoms with Crippen LogP contribution in [0.25, 0.3) is 11.5 Å². The van der Waals surface area contributed by atoms with Crippen molar-refractivity contribution in [3.05, 3.63) is 60.5 Å². The van der Waals surface area contributed by atoms with E-state index >= 15 is 0 Å². The second kappa shape index (κ2) is 8.22. The maximum absolute atomic E-state index is 12.7. The number of furan rings is 1. The van der Waals surface area contributed by atoms with E-state index in [0.29, 0.717) is 49.7 Å². The lowest BCUT2D eigenvalue weighted by Crippen LogP contribution is -2.52. The van der Waals surface area contributed by atoms with Crippen LogP contribution in [0.5, 0.6) is 0 Å². The van der Waals surface area contributed by atoms with Crippen LogP contribution in [0, 0.1) is 0 Å². The Kier molecular flexibility index (Phi) is 5.33. The van der Waals surface area contributed by atoms with Gasteiger partial charge in [-0.15, -0.1) is 0 Å². The van der Waals surface area contributed by atoms with Crippen LogP contribution in [-0.4, -0.2) is 57.7 Å². The van der Waals surface area contributed by atoms with Gasteiger partial charge in [-0.05, 0) is 17.7 Å². The fourth-order valence-electron chi connectivity index (χ4n) is 3.41. The molecule has 29 heavy (non-hydrogen) atoms. The van der Waals surface area contributed by atoms with Crippen molar-refractivity contribution in [2.24, 2.45) is 7.05 Å². The smallest absolute Gasteiger partial charge is 0.322 e. The van der Waals surface area contributed by atoms with Gasteiger partial charge in [0.05, 0.1) is 18.4 Å².